The van der Waals surface area contributed by atoms with E-state index in [1.54, 1.807) is 4.90 Å². The van der Waals surface area contributed by atoms with Gasteiger partial charge in [-0.05, 0) is 38.8 Å². The van der Waals surface area contributed by atoms with Crippen LogP contribution in [0.15, 0.2) is 30.3 Å². The van der Waals surface area contributed by atoms with Gasteiger partial charge in [-0.15, -0.1) is 0 Å². The quantitative estimate of drug-likeness (QED) is 0.827. The third-order valence-corrected chi connectivity index (χ3v) is 5.38. The minimum atomic E-state index is -2.70. The highest BCUT2D eigenvalue weighted by atomic mass is 19.3. The fourth-order valence-corrected chi connectivity index (χ4v) is 3.81. The second kappa shape index (κ2) is 7.44. The lowest BCUT2D eigenvalue weighted by molar-refractivity contribution is -0.161. The first-order valence-corrected chi connectivity index (χ1v) is 9.52. The number of amides is 2. The minimum Gasteiger partial charge on any atom is -0.371 e. The number of hydrogen-bond acceptors (Lipinski definition) is 3. The number of hydrogen-bond donors (Lipinski definition) is 2. The number of anilines is 1. The summed E-state index contributed by atoms with van der Waals surface area (Å²) in [5.74, 6) is -3.59. The summed E-state index contributed by atoms with van der Waals surface area (Å²) in [6, 6.07) is 9.50. The molecule has 7 heteroatoms. The number of carbonyl (C=O) groups excluding carboxylic acids is 2. The van der Waals surface area contributed by atoms with Crippen molar-refractivity contribution in [3.63, 3.8) is 0 Å². The van der Waals surface area contributed by atoms with Gasteiger partial charge in [0.1, 0.15) is 5.54 Å². The van der Waals surface area contributed by atoms with Gasteiger partial charge < -0.3 is 15.5 Å². The van der Waals surface area contributed by atoms with E-state index < -0.39 is 17.4 Å². The lowest BCUT2D eigenvalue weighted by Gasteiger charge is -2.44. The summed E-state index contributed by atoms with van der Waals surface area (Å²) in [7, 11) is 0. The zero-order chi connectivity index (χ0) is 19.7. The smallest absolute Gasteiger partial charge is 0.249 e. The zero-order valence-corrected chi connectivity index (χ0v) is 15.8. The van der Waals surface area contributed by atoms with Gasteiger partial charge >= 0.3 is 0 Å². The first-order valence-electron chi connectivity index (χ1n) is 9.52. The highest BCUT2D eigenvalue weighted by Gasteiger charge is 2.51. The van der Waals surface area contributed by atoms with E-state index in [1.807, 2.05) is 44.2 Å². The number of nitrogens with zero attached hydrogens (tertiary/aromatic N) is 1. The maximum Gasteiger partial charge on any atom is 0.249 e. The Morgan fingerprint density at radius 3 is 2.22 bits per heavy atom. The molecule has 148 valence electrons. The highest BCUT2D eigenvalue weighted by molar-refractivity contribution is 5.90. The van der Waals surface area contributed by atoms with Crippen LogP contribution in [0.3, 0.4) is 0 Å². The Morgan fingerprint density at radius 2 is 1.70 bits per heavy atom. The summed E-state index contributed by atoms with van der Waals surface area (Å²) in [5, 5.41) is 6.33. The SMILES string of the molecule is CC(C)NC(=O)C1(Nc2ccccc2)CCN(C(=O)C2CC(F)(F)C2)CC1. The van der Waals surface area contributed by atoms with Crippen molar-refractivity contribution >= 4 is 17.5 Å². The molecule has 3 rings (SSSR count). The normalized spacial score (nSPS) is 21.4. The van der Waals surface area contributed by atoms with Gasteiger partial charge in [-0.25, -0.2) is 8.78 Å². The maximum absolute atomic E-state index is 13.1. The molecule has 2 aliphatic rings. The first-order chi connectivity index (χ1) is 12.7. The Balaban J connectivity index is 1.68. The molecule has 1 aromatic carbocycles. The zero-order valence-electron chi connectivity index (χ0n) is 15.8. The molecule has 0 spiro atoms. The van der Waals surface area contributed by atoms with Crippen LogP contribution in [0.4, 0.5) is 14.5 Å². The summed E-state index contributed by atoms with van der Waals surface area (Å²) in [5.41, 5.74) is 0.0289. The van der Waals surface area contributed by atoms with E-state index in [-0.39, 0.29) is 30.7 Å². The van der Waals surface area contributed by atoms with Gasteiger partial charge in [0.15, 0.2) is 0 Å². The molecule has 0 aromatic heterocycles. The predicted molar refractivity (Wildman–Crippen MR) is 99.6 cm³/mol. The van der Waals surface area contributed by atoms with Gasteiger partial charge in [0.25, 0.3) is 0 Å². The summed E-state index contributed by atoms with van der Waals surface area (Å²) in [6.45, 7) is 4.57. The summed E-state index contributed by atoms with van der Waals surface area (Å²) >= 11 is 0. The van der Waals surface area contributed by atoms with Gasteiger partial charge in [-0.3, -0.25) is 9.59 Å². The summed E-state index contributed by atoms with van der Waals surface area (Å²) in [6.07, 6.45) is 0.164. The van der Waals surface area contributed by atoms with Crippen LogP contribution in [0.1, 0.15) is 39.5 Å². The summed E-state index contributed by atoms with van der Waals surface area (Å²) in [4.78, 5) is 27.0. The number of rotatable bonds is 5. The van der Waals surface area contributed by atoms with Crippen LogP contribution in [0, 0.1) is 5.92 Å². The van der Waals surface area contributed by atoms with Crippen LogP contribution in [0.5, 0.6) is 0 Å². The second-order valence-electron chi connectivity index (χ2n) is 7.99. The third-order valence-electron chi connectivity index (χ3n) is 5.38. The van der Waals surface area contributed by atoms with Crippen LogP contribution in [0.25, 0.3) is 0 Å². The molecule has 27 heavy (non-hydrogen) atoms. The van der Waals surface area contributed by atoms with E-state index >= 15 is 0 Å². The molecule has 2 fully saturated rings. The molecule has 0 radical (unpaired) electrons. The molecule has 1 saturated carbocycles. The van der Waals surface area contributed by atoms with Crippen molar-refractivity contribution in [2.45, 2.75) is 57.0 Å². The Kier molecular flexibility index (Phi) is 5.40. The van der Waals surface area contributed by atoms with Crippen molar-refractivity contribution in [2.24, 2.45) is 5.92 Å². The molecule has 1 aliphatic heterocycles. The Bertz CT molecular complexity index is 678. The molecule has 2 N–H and O–H groups in total. The van der Waals surface area contributed by atoms with E-state index in [1.165, 1.54) is 0 Å². The van der Waals surface area contributed by atoms with Crippen molar-refractivity contribution in [3.8, 4) is 0 Å². The molecule has 1 heterocycles. The van der Waals surface area contributed by atoms with Crippen LogP contribution in [0.2, 0.25) is 0 Å². The fourth-order valence-electron chi connectivity index (χ4n) is 3.81. The van der Waals surface area contributed by atoms with E-state index in [4.69, 9.17) is 0 Å². The van der Waals surface area contributed by atoms with Crippen molar-refractivity contribution in [2.75, 3.05) is 18.4 Å². The molecule has 1 saturated heterocycles. The number of likely N-dealkylation sites (tertiary alicyclic amines) is 1. The van der Waals surface area contributed by atoms with E-state index in [0.717, 1.165) is 5.69 Å². The average molecular weight is 379 g/mol. The number of alkyl halides is 2. The molecule has 1 aliphatic carbocycles. The van der Waals surface area contributed by atoms with E-state index in [2.05, 4.69) is 10.6 Å². The monoisotopic (exact) mass is 379 g/mol. The minimum absolute atomic E-state index is 0.00353. The number of benzene rings is 1. The number of para-hydroxylation sites is 1. The van der Waals surface area contributed by atoms with Gasteiger partial charge in [0.05, 0.1) is 0 Å². The standard InChI is InChI=1S/C20H27F2N3O2/c1-14(2)23-18(27)19(24-16-6-4-3-5-7-16)8-10-25(11-9-19)17(26)15-12-20(21,22)13-15/h3-7,14-15,24H,8-13H2,1-2H3,(H,23,27). The topological polar surface area (TPSA) is 61.4 Å². The molecule has 2 amide bonds. The molecule has 0 bridgehead atoms. The van der Waals surface area contributed by atoms with Gasteiger partial charge in [0, 0.05) is 43.6 Å². The Labute approximate surface area is 158 Å². The molecular weight excluding hydrogens is 352 g/mol. The number of piperidine rings is 1. The lowest BCUT2D eigenvalue weighted by atomic mass is 9.79. The Hall–Kier alpha value is -2.18. The van der Waals surface area contributed by atoms with E-state index in [9.17, 15) is 18.4 Å². The number of carbonyl (C=O) groups is 2. The van der Waals surface area contributed by atoms with Crippen LogP contribution >= 0.6 is 0 Å². The molecule has 0 atom stereocenters. The third kappa shape index (κ3) is 4.39. The summed E-state index contributed by atoms with van der Waals surface area (Å²) < 4.78 is 26.1. The van der Waals surface area contributed by atoms with Gasteiger partial charge in [-0.1, -0.05) is 18.2 Å². The number of nitrogens with one attached hydrogen (secondary N) is 2. The van der Waals surface area contributed by atoms with Gasteiger partial charge in [0.2, 0.25) is 17.7 Å². The number of halogens is 2. The Morgan fingerprint density at radius 1 is 1.11 bits per heavy atom. The predicted octanol–water partition coefficient (Wildman–Crippen LogP) is 3.03. The van der Waals surface area contributed by atoms with Crippen LogP contribution in [-0.4, -0.2) is 47.3 Å². The maximum atomic E-state index is 13.1. The second-order valence-corrected chi connectivity index (χ2v) is 7.99. The van der Waals surface area contributed by atoms with E-state index in [0.29, 0.717) is 25.9 Å². The lowest BCUT2D eigenvalue weighted by Crippen LogP contribution is -2.61. The first kappa shape index (κ1) is 19.6. The highest BCUT2D eigenvalue weighted by Crippen LogP contribution is 2.43. The average Bonchev–Trinajstić information content (AvgIpc) is 2.60. The van der Waals surface area contributed by atoms with Crippen molar-refractivity contribution in [1.29, 1.82) is 0 Å². The largest absolute Gasteiger partial charge is 0.371 e. The van der Waals surface area contributed by atoms with Crippen molar-refractivity contribution in [3.05, 3.63) is 30.3 Å². The van der Waals surface area contributed by atoms with Crippen LogP contribution in [-0.2, 0) is 9.59 Å². The molecule has 1 aromatic rings. The molecular formula is C20H27F2N3O2. The molecule has 5 nitrogen and oxygen atoms in total. The molecule has 0 unspecified atom stereocenters. The van der Waals surface area contributed by atoms with Gasteiger partial charge in [-0.2, -0.15) is 0 Å². The fraction of sp³-hybridized carbons (Fsp3) is 0.600. The van der Waals surface area contributed by atoms with Crippen molar-refractivity contribution in [1.82, 2.24) is 10.2 Å². The van der Waals surface area contributed by atoms with Crippen molar-refractivity contribution < 1.29 is 18.4 Å². The van der Waals surface area contributed by atoms with Crippen LogP contribution < -0.4 is 10.6 Å².